The predicted octanol–water partition coefficient (Wildman–Crippen LogP) is 2.26. The van der Waals surface area contributed by atoms with Crippen molar-refractivity contribution >= 4 is 31.5 Å². The number of rotatable bonds is 4. The van der Waals surface area contributed by atoms with Crippen LogP contribution in [0.4, 0.5) is 5.69 Å². The summed E-state index contributed by atoms with van der Waals surface area (Å²) in [5.41, 5.74) is 3.06. The fraction of sp³-hybridized carbons (Fsp3) is 0.250. The zero-order valence-electron chi connectivity index (χ0n) is 14.7. The highest BCUT2D eigenvalue weighted by atomic mass is 79.9. The number of sulfone groups is 1. The number of nitrogens with zero attached hydrogens (tertiary/aromatic N) is 6. The molecule has 10 heteroatoms. The first kappa shape index (κ1) is 18.5. The van der Waals surface area contributed by atoms with Crippen LogP contribution in [0.25, 0.3) is 17.1 Å². The summed E-state index contributed by atoms with van der Waals surface area (Å²) in [5.74, 6) is 0.347. The van der Waals surface area contributed by atoms with Crippen molar-refractivity contribution in [2.45, 2.75) is 12.1 Å². The van der Waals surface area contributed by atoms with E-state index >= 15 is 0 Å². The number of halogens is 1. The molecule has 0 atom stereocenters. The van der Waals surface area contributed by atoms with Crippen molar-refractivity contribution < 1.29 is 8.42 Å². The second-order valence-corrected chi connectivity index (χ2v) is 8.85. The molecule has 0 unspecified atom stereocenters. The minimum atomic E-state index is -3.52. The first-order valence-corrected chi connectivity index (χ1v) is 10.3. The minimum Gasteiger partial charge on any atom is -0.377 e. The molecule has 3 aromatic rings. The maximum Gasteiger partial charge on any atom is 0.249 e. The van der Waals surface area contributed by atoms with Crippen LogP contribution >= 0.6 is 15.9 Å². The van der Waals surface area contributed by atoms with Crippen LogP contribution in [-0.4, -0.2) is 53.7 Å². The molecule has 8 nitrogen and oxygen atoms in total. The van der Waals surface area contributed by atoms with Gasteiger partial charge >= 0.3 is 0 Å². The zero-order chi connectivity index (χ0) is 19.1. The van der Waals surface area contributed by atoms with E-state index in [2.05, 4.69) is 36.2 Å². The average Bonchev–Trinajstić information content (AvgIpc) is 3.03. The lowest BCUT2D eigenvalue weighted by atomic mass is 10.1. The van der Waals surface area contributed by atoms with E-state index in [1.54, 1.807) is 19.2 Å². The second kappa shape index (κ2) is 6.76. The second-order valence-electron chi connectivity index (χ2n) is 6.03. The van der Waals surface area contributed by atoms with Crippen molar-refractivity contribution in [3.63, 3.8) is 0 Å². The van der Waals surface area contributed by atoms with E-state index in [4.69, 9.17) is 0 Å². The van der Waals surface area contributed by atoms with Crippen molar-refractivity contribution in [2.24, 2.45) is 0 Å². The number of hydrogen-bond acceptors (Lipinski definition) is 7. The highest BCUT2D eigenvalue weighted by molar-refractivity contribution is 9.10. The fourth-order valence-corrected chi connectivity index (χ4v) is 3.32. The van der Waals surface area contributed by atoms with Gasteiger partial charge in [0.05, 0.1) is 6.20 Å². The van der Waals surface area contributed by atoms with Gasteiger partial charge in [-0.15, -0.1) is 5.10 Å². The largest absolute Gasteiger partial charge is 0.377 e. The summed E-state index contributed by atoms with van der Waals surface area (Å²) in [6, 6.07) is 7.52. The Morgan fingerprint density at radius 3 is 2.54 bits per heavy atom. The van der Waals surface area contributed by atoms with Crippen molar-refractivity contribution in [1.82, 2.24) is 25.0 Å². The summed E-state index contributed by atoms with van der Waals surface area (Å²) in [7, 11) is 0.373. The van der Waals surface area contributed by atoms with Gasteiger partial charge in [0.25, 0.3) is 0 Å². The third-order valence-corrected chi connectivity index (χ3v) is 4.94. The Bertz CT molecular complexity index is 1080. The molecule has 2 heterocycles. The molecule has 0 aliphatic rings. The van der Waals surface area contributed by atoms with Gasteiger partial charge in [-0.1, -0.05) is 21.1 Å². The van der Waals surface area contributed by atoms with Gasteiger partial charge in [-0.3, -0.25) is 0 Å². The smallest absolute Gasteiger partial charge is 0.249 e. The first-order chi connectivity index (χ1) is 12.1. The maximum absolute atomic E-state index is 11.8. The molecule has 0 saturated carbocycles. The number of benzene rings is 1. The molecule has 0 aliphatic carbocycles. The van der Waals surface area contributed by atoms with E-state index in [1.807, 2.05) is 37.2 Å². The summed E-state index contributed by atoms with van der Waals surface area (Å²) < 4.78 is 25.9. The lowest BCUT2D eigenvalue weighted by Gasteiger charge is -2.16. The number of hydrogen-bond donors (Lipinski definition) is 0. The first-order valence-electron chi connectivity index (χ1n) is 7.61. The van der Waals surface area contributed by atoms with Crippen molar-refractivity contribution in [3.05, 3.63) is 40.6 Å². The van der Waals surface area contributed by atoms with E-state index in [0.717, 1.165) is 22.0 Å². The Hall–Kier alpha value is -2.33. The van der Waals surface area contributed by atoms with Crippen LogP contribution in [0, 0.1) is 6.92 Å². The Balaban J connectivity index is 2.09. The van der Waals surface area contributed by atoms with Gasteiger partial charge in [-0.05, 0) is 25.1 Å². The molecule has 26 heavy (non-hydrogen) atoms. The van der Waals surface area contributed by atoms with Gasteiger partial charge in [0.1, 0.15) is 5.69 Å². The van der Waals surface area contributed by atoms with Crippen LogP contribution in [0.1, 0.15) is 5.69 Å². The van der Waals surface area contributed by atoms with E-state index in [-0.39, 0.29) is 5.16 Å². The lowest BCUT2D eigenvalue weighted by Crippen LogP contribution is -2.10. The Morgan fingerprint density at radius 1 is 1.15 bits per heavy atom. The predicted molar refractivity (Wildman–Crippen MR) is 102 cm³/mol. The van der Waals surface area contributed by atoms with Crippen molar-refractivity contribution in [2.75, 3.05) is 25.3 Å². The van der Waals surface area contributed by atoms with Crippen LogP contribution in [0.3, 0.4) is 0 Å². The SMILES string of the molecule is Cc1cc(-n2cc(-c3ccc(Br)cc3N(C)C)nn2)nc(S(C)(=O)=O)n1. The van der Waals surface area contributed by atoms with Gasteiger partial charge in [0.15, 0.2) is 5.82 Å². The summed E-state index contributed by atoms with van der Waals surface area (Å²) in [4.78, 5) is 10.0. The highest BCUT2D eigenvalue weighted by Crippen LogP contribution is 2.31. The molecule has 0 fully saturated rings. The van der Waals surface area contributed by atoms with Crippen LogP contribution in [0.5, 0.6) is 0 Å². The molecule has 0 aliphatic heterocycles. The average molecular weight is 437 g/mol. The molecule has 0 radical (unpaired) electrons. The van der Waals surface area contributed by atoms with Crippen LogP contribution in [0.2, 0.25) is 0 Å². The molecule has 0 amide bonds. The van der Waals surface area contributed by atoms with Crippen molar-refractivity contribution in [3.8, 4) is 17.1 Å². The van der Waals surface area contributed by atoms with E-state index in [0.29, 0.717) is 17.2 Å². The minimum absolute atomic E-state index is 0.234. The fourth-order valence-electron chi connectivity index (χ4n) is 2.40. The van der Waals surface area contributed by atoms with Gasteiger partial charge in [-0.25, -0.2) is 18.1 Å². The van der Waals surface area contributed by atoms with E-state index in [9.17, 15) is 8.42 Å². The molecule has 2 aromatic heterocycles. The number of anilines is 1. The molecular formula is C16H17BrN6O2S. The maximum atomic E-state index is 11.8. The molecule has 3 rings (SSSR count). The topological polar surface area (TPSA) is 93.9 Å². The normalized spacial score (nSPS) is 11.6. The molecule has 136 valence electrons. The summed E-state index contributed by atoms with van der Waals surface area (Å²) in [5, 5.41) is 8.09. The Morgan fingerprint density at radius 2 is 1.88 bits per heavy atom. The molecular weight excluding hydrogens is 420 g/mol. The van der Waals surface area contributed by atoms with E-state index < -0.39 is 9.84 Å². The monoisotopic (exact) mass is 436 g/mol. The highest BCUT2D eigenvalue weighted by Gasteiger charge is 2.16. The van der Waals surface area contributed by atoms with Crippen molar-refractivity contribution in [1.29, 1.82) is 0 Å². The quantitative estimate of drug-likeness (QED) is 0.578. The third-order valence-electron chi connectivity index (χ3n) is 3.60. The van der Waals surface area contributed by atoms with Crippen LogP contribution in [0.15, 0.2) is 40.1 Å². The van der Waals surface area contributed by atoms with E-state index in [1.165, 1.54) is 4.68 Å². The van der Waals surface area contributed by atoms with Gasteiger partial charge < -0.3 is 4.90 Å². The number of aryl methyl sites for hydroxylation is 1. The summed E-state index contributed by atoms with van der Waals surface area (Å²) in [6.45, 7) is 1.70. The van der Waals surface area contributed by atoms with Gasteiger partial charge in [-0.2, -0.15) is 4.98 Å². The summed E-state index contributed by atoms with van der Waals surface area (Å²) in [6.07, 6.45) is 2.79. The lowest BCUT2D eigenvalue weighted by molar-refractivity contribution is 0.590. The zero-order valence-corrected chi connectivity index (χ0v) is 17.1. The third kappa shape index (κ3) is 3.75. The Labute approximate surface area is 159 Å². The number of aromatic nitrogens is 5. The Kier molecular flexibility index (Phi) is 4.80. The molecule has 0 spiro atoms. The molecule has 1 aromatic carbocycles. The molecule has 0 bridgehead atoms. The van der Waals surface area contributed by atoms with Gasteiger partial charge in [0.2, 0.25) is 15.0 Å². The molecule has 0 saturated heterocycles. The standard InChI is InChI=1S/C16H17BrN6O2S/c1-10-7-15(19-16(18-10)26(4,24)25)23-9-13(20-21-23)12-6-5-11(17)8-14(12)22(2)3/h5-9H,1-4H3. The van der Waals surface area contributed by atoms with Crippen LogP contribution < -0.4 is 4.90 Å². The molecule has 0 N–H and O–H groups in total. The summed E-state index contributed by atoms with van der Waals surface area (Å²) >= 11 is 3.47. The van der Waals surface area contributed by atoms with Gasteiger partial charge in [0, 0.05) is 47.8 Å². The van der Waals surface area contributed by atoms with Crippen LogP contribution in [-0.2, 0) is 9.84 Å².